The van der Waals surface area contributed by atoms with Crippen LogP contribution < -0.4 is 10.1 Å². The second-order valence-corrected chi connectivity index (χ2v) is 4.55. The predicted molar refractivity (Wildman–Crippen MR) is 66.3 cm³/mol. The fourth-order valence-electron chi connectivity index (χ4n) is 1.55. The Morgan fingerprint density at radius 3 is 2.94 bits per heavy atom. The van der Waals surface area contributed by atoms with Gasteiger partial charge in [-0.3, -0.25) is 0 Å². The van der Waals surface area contributed by atoms with Gasteiger partial charge in [-0.15, -0.1) is 11.6 Å². The molecule has 0 radical (unpaired) electrons. The maximum atomic E-state index is 5.92. The second-order valence-electron chi connectivity index (χ2n) is 4.28. The van der Waals surface area contributed by atoms with E-state index in [0.29, 0.717) is 17.9 Å². The van der Waals surface area contributed by atoms with Crippen LogP contribution >= 0.6 is 11.6 Å². The largest absolute Gasteiger partial charge is 0.478 e. The van der Waals surface area contributed by atoms with Crippen LogP contribution in [0.15, 0.2) is 18.2 Å². The van der Waals surface area contributed by atoms with E-state index in [1.807, 2.05) is 25.1 Å². The maximum Gasteiger partial charge on any atom is 0.215 e. The minimum atomic E-state index is 0.310. The van der Waals surface area contributed by atoms with Crippen molar-refractivity contribution >= 4 is 17.4 Å². The Balaban J connectivity index is 1.91. The number of nitrogens with zero attached hydrogens (tertiary/aromatic N) is 1. The minimum Gasteiger partial charge on any atom is -0.478 e. The Bertz CT molecular complexity index is 353. The number of pyridine rings is 1. The zero-order valence-corrected chi connectivity index (χ0v) is 10.3. The van der Waals surface area contributed by atoms with Gasteiger partial charge in [-0.05, 0) is 25.8 Å². The lowest BCUT2D eigenvalue weighted by atomic mass is 10.1. The molecule has 1 heterocycles. The van der Waals surface area contributed by atoms with Gasteiger partial charge in [-0.2, -0.15) is 4.98 Å². The molecule has 0 saturated heterocycles. The summed E-state index contributed by atoms with van der Waals surface area (Å²) in [4.78, 5) is 4.35. The third-order valence-electron chi connectivity index (χ3n) is 2.90. The molecule has 0 spiro atoms. The topological polar surface area (TPSA) is 34.1 Å². The normalized spacial score (nSPS) is 16.9. The SMILES string of the molecule is CCOc1cccc(NCC2(CCl)CC2)n1. The molecule has 1 fully saturated rings. The molecule has 2 rings (SSSR count). The lowest BCUT2D eigenvalue weighted by Gasteiger charge is -2.13. The lowest BCUT2D eigenvalue weighted by Crippen LogP contribution is -2.17. The molecule has 1 aliphatic carbocycles. The molecule has 0 bridgehead atoms. The van der Waals surface area contributed by atoms with Gasteiger partial charge < -0.3 is 10.1 Å². The highest BCUT2D eigenvalue weighted by Crippen LogP contribution is 2.46. The monoisotopic (exact) mass is 240 g/mol. The number of anilines is 1. The molecule has 1 saturated carbocycles. The molecular formula is C12H17ClN2O. The van der Waals surface area contributed by atoms with E-state index in [0.717, 1.165) is 18.2 Å². The number of nitrogens with one attached hydrogen (secondary N) is 1. The van der Waals surface area contributed by atoms with E-state index in [-0.39, 0.29) is 0 Å². The zero-order valence-electron chi connectivity index (χ0n) is 9.50. The molecule has 4 heteroatoms. The Kier molecular flexibility index (Phi) is 3.54. The van der Waals surface area contributed by atoms with Gasteiger partial charge in [0.15, 0.2) is 0 Å². The highest BCUT2D eigenvalue weighted by molar-refractivity contribution is 6.18. The van der Waals surface area contributed by atoms with Crippen LogP contribution in [0.4, 0.5) is 5.82 Å². The molecular weight excluding hydrogens is 224 g/mol. The Morgan fingerprint density at radius 2 is 2.31 bits per heavy atom. The molecule has 16 heavy (non-hydrogen) atoms. The van der Waals surface area contributed by atoms with Crippen LogP contribution in [0.25, 0.3) is 0 Å². The van der Waals surface area contributed by atoms with Crippen LogP contribution in [0.2, 0.25) is 0 Å². The summed E-state index contributed by atoms with van der Waals surface area (Å²) >= 11 is 5.92. The van der Waals surface area contributed by atoms with Crippen LogP contribution in [0.5, 0.6) is 5.88 Å². The van der Waals surface area contributed by atoms with Crippen molar-refractivity contribution in [3.63, 3.8) is 0 Å². The van der Waals surface area contributed by atoms with Crippen molar-refractivity contribution in [2.45, 2.75) is 19.8 Å². The van der Waals surface area contributed by atoms with Crippen LogP contribution in [0.1, 0.15) is 19.8 Å². The van der Waals surface area contributed by atoms with Crippen LogP contribution in [0.3, 0.4) is 0 Å². The first-order chi connectivity index (χ1) is 7.78. The number of rotatable bonds is 6. The van der Waals surface area contributed by atoms with E-state index in [1.165, 1.54) is 12.8 Å². The summed E-state index contributed by atoms with van der Waals surface area (Å²) in [5, 5.41) is 3.32. The average molecular weight is 241 g/mol. The molecule has 1 N–H and O–H groups in total. The first kappa shape index (κ1) is 11.5. The van der Waals surface area contributed by atoms with E-state index in [4.69, 9.17) is 16.3 Å². The zero-order chi connectivity index (χ0) is 11.4. The van der Waals surface area contributed by atoms with Crippen molar-refractivity contribution in [2.75, 3.05) is 24.3 Å². The average Bonchev–Trinajstić information content (AvgIpc) is 3.08. The highest BCUT2D eigenvalue weighted by atomic mass is 35.5. The van der Waals surface area contributed by atoms with Gasteiger partial charge in [0.1, 0.15) is 5.82 Å². The smallest absolute Gasteiger partial charge is 0.215 e. The number of hydrogen-bond acceptors (Lipinski definition) is 3. The van der Waals surface area contributed by atoms with Gasteiger partial charge in [-0.1, -0.05) is 6.07 Å². The Labute approximate surface area is 101 Å². The quantitative estimate of drug-likeness (QED) is 0.777. The van der Waals surface area contributed by atoms with E-state index in [2.05, 4.69) is 10.3 Å². The Hall–Kier alpha value is -0.960. The van der Waals surface area contributed by atoms with Crippen LogP contribution in [-0.2, 0) is 0 Å². The molecule has 1 aliphatic rings. The summed E-state index contributed by atoms with van der Waals surface area (Å²) in [5.41, 5.74) is 0.310. The van der Waals surface area contributed by atoms with Crippen molar-refractivity contribution in [3.05, 3.63) is 18.2 Å². The lowest BCUT2D eigenvalue weighted by molar-refractivity contribution is 0.327. The third kappa shape index (κ3) is 2.79. The summed E-state index contributed by atoms with van der Waals surface area (Å²) in [6, 6.07) is 5.76. The van der Waals surface area contributed by atoms with Gasteiger partial charge in [0, 0.05) is 23.9 Å². The standard InChI is InChI=1S/C12H17ClN2O/c1-2-16-11-5-3-4-10(15-11)14-9-12(8-13)6-7-12/h3-5H,2,6-9H2,1H3,(H,14,15). The fourth-order valence-corrected chi connectivity index (χ4v) is 1.92. The van der Waals surface area contributed by atoms with Gasteiger partial charge in [0.05, 0.1) is 6.61 Å². The second kappa shape index (κ2) is 4.91. The first-order valence-corrected chi connectivity index (χ1v) is 6.21. The number of halogens is 1. The van der Waals surface area contributed by atoms with E-state index in [9.17, 15) is 0 Å². The van der Waals surface area contributed by atoms with E-state index < -0.39 is 0 Å². The fraction of sp³-hybridized carbons (Fsp3) is 0.583. The van der Waals surface area contributed by atoms with Crippen molar-refractivity contribution in [1.82, 2.24) is 4.98 Å². The summed E-state index contributed by atoms with van der Waals surface area (Å²) in [6.07, 6.45) is 2.43. The first-order valence-electron chi connectivity index (χ1n) is 5.68. The summed E-state index contributed by atoms with van der Waals surface area (Å²) in [6.45, 7) is 3.50. The predicted octanol–water partition coefficient (Wildman–Crippen LogP) is 2.91. The molecule has 0 aromatic carbocycles. The highest BCUT2D eigenvalue weighted by Gasteiger charge is 2.41. The van der Waals surface area contributed by atoms with E-state index >= 15 is 0 Å². The molecule has 88 valence electrons. The van der Waals surface area contributed by atoms with Crippen molar-refractivity contribution in [2.24, 2.45) is 5.41 Å². The van der Waals surface area contributed by atoms with Crippen molar-refractivity contribution in [3.8, 4) is 5.88 Å². The molecule has 1 aromatic heterocycles. The molecule has 0 amide bonds. The number of aromatic nitrogens is 1. The molecule has 0 unspecified atom stereocenters. The number of hydrogen-bond donors (Lipinski definition) is 1. The summed E-state index contributed by atoms with van der Waals surface area (Å²) in [5.74, 6) is 2.26. The van der Waals surface area contributed by atoms with Crippen molar-refractivity contribution < 1.29 is 4.74 Å². The van der Waals surface area contributed by atoms with Gasteiger partial charge in [0.25, 0.3) is 0 Å². The molecule has 0 atom stereocenters. The number of ether oxygens (including phenoxy) is 1. The molecule has 0 aliphatic heterocycles. The Morgan fingerprint density at radius 1 is 1.50 bits per heavy atom. The maximum absolute atomic E-state index is 5.92. The van der Waals surface area contributed by atoms with Crippen LogP contribution in [0, 0.1) is 5.41 Å². The molecule has 1 aromatic rings. The summed E-state index contributed by atoms with van der Waals surface area (Å²) < 4.78 is 5.34. The third-order valence-corrected chi connectivity index (χ3v) is 3.47. The van der Waals surface area contributed by atoms with Crippen LogP contribution in [-0.4, -0.2) is 24.0 Å². The van der Waals surface area contributed by atoms with Gasteiger partial charge >= 0.3 is 0 Å². The van der Waals surface area contributed by atoms with Gasteiger partial charge in [-0.25, -0.2) is 0 Å². The minimum absolute atomic E-state index is 0.310. The summed E-state index contributed by atoms with van der Waals surface area (Å²) in [7, 11) is 0. The van der Waals surface area contributed by atoms with E-state index in [1.54, 1.807) is 0 Å². The van der Waals surface area contributed by atoms with Crippen molar-refractivity contribution in [1.29, 1.82) is 0 Å². The molecule has 3 nitrogen and oxygen atoms in total. The van der Waals surface area contributed by atoms with Gasteiger partial charge in [0.2, 0.25) is 5.88 Å². The number of alkyl halides is 1.